The summed E-state index contributed by atoms with van der Waals surface area (Å²) < 4.78 is 6.83. The van der Waals surface area contributed by atoms with Gasteiger partial charge in [-0.2, -0.15) is 0 Å². The Morgan fingerprint density at radius 3 is 1.79 bits per heavy atom. The number of benzene rings is 9. The lowest BCUT2D eigenvalue weighted by Crippen LogP contribution is -1.89. The average molecular weight is 545 g/mol. The summed E-state index contributed by atoms with van der Waals surface area (Å²) in [6, 6.07) is 53.1. The molecule has 0 aliphatic carbocycles. The van der Waals surface area contributed by atoms with Crippen molar-refractivity contribution in [3.8, 4) is 22.3 Å². The fraction of sp³-hybridized carbons (Fsp3) is 0. The van der Waals surface area contributed by atoms with E-state index in [9.17, 15) is 0 Å². The van der Waals surface area contributed by atoms with Gasteiger partial charge in [-0.25, -0.2) is 0 Å². The molecule has 0 unspecified atom stereocenters. The van der Waals surface area contributed by atoms with Gasteiger partial charge in [0.25, 0.3) is 0 Å². The highest BCUT2D eigenvalue weighted by Gasteiger charge is 2.20. The van der Waals surface area contributed by atoms with E-state index in [-0.39, 0.29) is 0 Å². The number of rotatable bonds is 2. The maximum absolute atomic E-state index is 6.83. The first-order valence-corrected chi connectivity index (χ1v) is 14.8. The molecule has 10 rings (SSSR count). The van der Waals surface area contributed by atoms with Crippen LogP contribution in [0.15, 0.2) is 150 Å². The Morgan fingerprint density at radius 1 is 0.326 bits per heavy atom. The second-order valence-electron chi connectivity index (χ2n) is 11.7. The van der Waals surface area contributed by atoms with Gasteiger partial charge in [0.2, 0.25) is 0 Å². The van der Waals surface area contributed by atoms with Crippen LogP contribution in [0.25, 0.3) is 98.1 Å². The Hall–Kier alpha value is -5.66. The van der Waals surface area contributed by atoms with Crippen molar-refractivity contribution < 1.29 is 4.42 Å². The van der Waals surface area contributed by atoms with E-state index in [0.717, 1.165) is 27.5 Å². The van der Waals surface area contributed by atoms with Crippen LogP contribution in [-0.2, 0) is 0 Å². The first kappa shape index (κ1) is 23.0. The van der Waals surface area contributed by atoms with Crippen molar-refractivity contribution in [3.05, 3.63) is 146 Å². The van der Waals surface area contributed by atoms with Gasteiger partial charge >= 0.3 is 0 Å². The minimum Gasteiger partial charge on any atom is -0.455 e. The lowest BCUT2D eigenvalue weighted by Gasteiger charge is -2.16. The molecule has 1 nitrogen and oxygen atoms in total. The van der Waals surface area contributed by atoms with Crippen LogP contribution >= 0.6 is 0 Å². The monoisotopic (exact) mass is 544 g/mol. The summed E-state index contributed by atoms with van der Waals surface area (Å²) in [5.74, 6) is 0. The van der Waals surface area contributed by atoms with E-state index in [4.69, 9.17) is 4.42 Å². The van der Waals surface area contributed by atoms with Crippen LogP contribution in [0.1, 0.15) is 0 Å². The average Bonchev–Trinajstić information content (AvgIpc) is 3.46. The summed E-state index contributed by atoms with van der Waals surface area (Å²) >= 11 is 0. The van der Waals surface area contributed by atoms with E-state index in [0.29, 0.717) is 0 Å². The molecule has 198 valence electrons. The SMILES string of the molecule is c1ccc2c(-c3cc(-c4ccc5ccc6cccc7ccc4c5c67)c4c(c3)oc3c5ccccc5ccc34)cccc2c1. The Balaban J connectivity index is 1.38. The quantitative estimate of drug-likeness (QED) is 0.197. The molecule has 1 heteroatoms. The van der Waals surface area contributed by atoms with Crippen molar-refractivity contribution >= 4 is 75.8 Å². The minimum absolute atomic E-state index is 0.914. The van der Waals surface area contributed by atoms with Gasteiger partial charge in [0.1, 0.15) is 11.2 Å². The van der Waals surface area contributed by atoms with Crippen molar-refractivity contribution in [1.29, 1.82) is 0 Å². The van der Waals surface area contributed by atoms with Crippen molar-refractivity contribution in [2.75, 3.05) is 0 Å². The van der Waals surface area contributed by atoms with Crippen LogP contribution in [0.5, 0.6) is 0 Å². The molecular formula is C42H24O. The van der Waals surface area contributed by atoms with E-state index in [2.05, 4.69) is 146 Å². The van der Waals surface area contributed by atoms with Crippen LogP contribution in [-0.4, -0.2) is 0 Å². The molecule has 1 heterocycles. The van der Waals surface area contributed by atoms with Gasteiger partial charge in [0, 0.05) is 16.2 Å². The first-order chi connectivity index (χ1) is 21.3. The zero-order valence-electron chi connectivity index (χ0n) is 23.3. The van der Waals surface area contributed by atoms with Gasteiger partial charge in [-0.05, 0) is 88.9 Å². The van der Waals surface area contributed by atoms with Crippen LogP contribution in [0.3, 0.4) is 0 Å². The fourth-order valence-electron chi connectivity index (χ4n) is 7.45. The zero-order chi connectivity index (χ0) is 28.1. The summed E-state index contributed by atoms with van der Waals surface area (Å²) in [7, 11) is 0. The predicted octanol–water partition coefficient (Wildman–Crippen LogP) is 12.1. The second-order valence-corrected chi connectivity index (χ2v) is 11.7. The van der Waals surface area contributed by atoms with Crippen molar-refractivity contribution in [1.82, 2.24) is 0 Å². The van der Waals surface area contributed by atoms with Gasteiger partial charge in [-0.3, -0.25) is 0 Å². The number of hydrogen-bond donors (Lipinski definition) is 0. The molecule has 0 aliphatic rings. The van der Waals surface area contributed by atoms with E-state index in [1.165, 1.54) is 70.6 Å². The number of furan rings is 1. The molecule has 0 aliphatic heterocycles. The van der Waals surface area contributed by atoms with Gasteiger partial charge in [-0.15, -0.1) is 0 Å². The van der Waals surface area contributed by atoms with Crippen LogP contribution in [0.2, 0.25) is 0 Å². The molecule has 0 radical (unpaired) electrons. The van der Waals surface area contributed by atoms with E-state index in [1.54, 1.807) is 0 Å². The lowest BCUT2D eigenvalue weighted by molar-refractivity contribution is 0.673. The Morgan fingerprint density at radius 2 is 0.930 bits per heavy atom. The molecule has 0 saturated heterocycles. The third-order valence-electron chi connectivity index (χ3n) is 9.38. The Bertz CT molecular complexity index is 2700. The first-order valence-electron chi connectivity index (χ1n) is 14.8. The highest BCUT2D eigenvalue weighted by molar-refractivity contribution is 6.28. The zero-order valence-corrected chi connectivity index (χ0v) is 23.3. The third kappa shape index (κ3) is 3.17. The summed E-state index contributed by atoms with van der Waals surface area (Å²) in [6.07, 6.45) is 0. The maximum Gasteiger partial charge on any atom is 0.143 e. The number of hydrogen-bond acceptors (Lipinski definition) is 1. The molecule has 1 aromatic heterocycles. The smallest absolute Gasteiger partial charge is 0.143 e. The van der Waals surface area contributed by atoms with Gasteiger partial charge in [0.05, 0.1) is 0 Å². The molecule has 0 N–H and O–H groups in total. The van der Waals surface area contributed by atoms with Gasteiger partial charge in [0.15, 0.2) is 0 Å². The second kappa shape index (κ2) is 8.44. The highest BCUT2D eigenvalue weighted by atomic mass is 16.3. The van der Waals surface area contributed by atoms with Gasteiger partial charge < -0.3 is 4.42 Å². The van der Waals surface area contributed by atoms with Crippen LogP contribution < -0.4 is 0 Å². The molecule has 9 aromatic carbocycles. The third-order valence-corrected chi connectivity index (χ3v) is 9.38. The maximum atomic E-state index is 6.83. The molecule has 0 bridgehead atoms. The van der Waals surface area contributed by atoms with E-state index >= 15 is 0 Å². The molecule has 0 saturated carbocycles. The normalized spacial score (nSPS) is 12.2. The van der Waals surface area contributed by atoms with E-state index in [1.807, 2.05) is 0 Å². The summed E-state index contributed by atoms with van der Waals surface area (Å²) in [6.45, 7) is 0. The largest absolute Gasteiger partial charge is 0.455 e. The minimum atomic E-state index is 0.914. The van der Waals surface area contributed by atoms with Crippen molar-refractivity contribution in [2.45, 2.75) is 0 Å². The molecule has 43 heavy (non-hydrogen) atoms. The van der Waals surface area contributed by atoms with Crippen LogP contribution in [0, 0.1) is 0 Å². The molecular weight excluding hydrogens is 520 g/mol. The molecule has 0 spiro atoms. The highest BCUT2D eigenvalue weighted by Crippen LogP contribution is 2.46. The van der Waals surface area contributed by atoms with Crippen LogP contribution in [0.4, 0.5) is 0 Å². The molecule has 0 atom stereocenters. The molecule has 0 amide bonds. The summed E-state index contributed by atoms with van der Waals surface area (Å²) in [4.78, 5) is 0. The standard InChI is InChI=1S/C42H24O/c1-3-12-31-25(7-1)9-6-14-32(31)30-23-37(41-36-22-17-26-8-2-4-13-33(26)42(36)43-38(41)24-30)34-20-18-29-16-15-27-10-5-11-28-19-21-35(34)40(29)39(27)28/h1-24H. The number of fused-ring (bicyclic) bond motifs is 6. The van der Waals surface area contributed by atoms with Gasteiger partial charge in [-0.1, -0.05) is 127 Å². The molecule has 10 aromatic rings. The summed E-state index contributed by atoms with van der Waals surface area (Å²) in [5, 5.41) is 14.9. The lowest BCUT2D eigenvalue weighted by atomic mass is 9.87. The van der Waals surface area contributed by atoms with E-state index < -0.39 is 0 Å². The Kier molecular flexibility index (Phi) is 4.51. The summed E-state index contributed by atoms with van der Waals surface area (Å²) in [5.41, 5.74) is 6.67. The predicted molar refractivity (Wildman–Crippen MR) is 183 cm³/mol. The topological polar surface area (TPSA) is 13.1 Å². The van der Waals surface area contributed by atoms with Crippen molar-refractivity contribution in [2.24, 2.45) is 0 Å². The van der Waals surface area contributed by atoms with Crippen molar-refractivity contribution in [3.63, 3.8) is 0 Å². The molecule has 0 fully saturated rings. The fourth-order valence-corrected chi connectivity index (χ4v) is 7.45. The Labute approximate surface area is 247 Å².